The van der Waals surface area contributed by atoms with Gasteiger partial charge in [-0.25, -0.2) is 9.18 Å². The van der Waals surface area contributed by atoms with Crippen molar-refractivity contribution in [3.63, 3.8) is 0 Å². The monoisotopic (exact) mass is 640 g/mol. The second-order valence-electron chi connectivity index (χ2n) is 12.2. The van der Waals surface area contributed by atoms with Gasteiger partial charge in [0, 0.05) is 42.4 Å². The van der Waals surface area contributed by atoms with Gasteiger partial charge >= 0.3 is 18.0 Å². The summed E-state index contributed by atoms with van der Waals surface area (Å²) in [5.41, 5.74) is 1.98. The van der Waals surface area contributed by atoms with E-state index < -0.39 is 23.4 Å². The number of hydrogen-bond donors (Lipinski definition) is 1. The number of esters is 2. The molecule has 244 valence electrons. The van der Waals surface area contributed by atoms with Gasteiger partial charge in [-0.15, -0.1) is 0 Å². The number of carbonyl (C=O) groups is 3. The van der Waals surface area contributed by atoms with E-state index >= 15 is 0 Å². The Kier molecular flexibility index (Phi) is 9.72. The van der Waals surface area contributed by atoms with E-state index in [-0.39, 0.29) is 30.6 Å². The Hall–Kier alpha value is -4.90. The number of hydrogen-bond acceptors (Lipinski definition) is 9. The van der Waals surface area contributed by atoms with Crippen molar-refractivity contribution in [1.29, 1.82) is 0 Å². The molecular formula is C36H37FN4O6. The summed E-state index contributed by atoms with van der Waals surface area (Å²) in [7, 11) is 1.24. The molecule has 1 aromatic heterocycles. The van der Waals surface area contributed by atoms with Crippen molar-refractivity contribution in [1.82, 2.24) is 20.4 Å². The average Bonchev–Trinajstić information content (AvgIpc) is 3.60. The van der Waals surface area contributed by atoms with Gasteiger partial charge in [0.25, 0.3) is 5.89 Å². The third-order valence-electron chi connectivity index (χ3n) is 9.13. The van der Waals surface area contributed by atoms with Crippen LogP contribution < -0.4 is 5.32 Å². The number of rotatable bonds is 8. The van der Waals surface area contributed by atoms with Crippen LogP contribution in [0.4, 0.5) is 9.18 Å². The van der Waals surface area contributed by atoms with E-state index in [9.17, 15) is 18.8 Å². The summed E-state index contributed by atoms with van der Waals surface area (Å²) < 4.78 is 30.5. The lowest BCUT2D eigenvalue weighted by molar-refractivity contribution is -0.170. The van der Waals surface area contributed by atoms with Crippen LogP contribution in [0.25, 0.3) is 34.0 Å². The first-order chi connectivity index (χ1) is 22.8. The molecule has 11 heteroatoms. The number of nitrogens with zero attached hydrogens (tertiary/aromatic N) is 3. The number of likely N-dealkylation sites (tertiary alicyclic amines) is 1. The van der Waals surface area contributed by atoms with Gasteiger partial charge in [-0.1, -0.05) is 85.1 Å². The number of ether oxygens (including phenoxy) is 2. The molecule has 1 saturated carbocycles. The van der Waals surface area contributed by atoms with Gasteiger partial charge in [-0.05, 0) is 48.9 Å². The van der Waals surface area contributed by atoms with E-state index in [1.807, 2.05) is 54.6 Å². The maximum absolute atomic E-state index is 14.9. The van der Waals surface area contributed by atoms with Crippen LogP contribution in [-0.4, -0.2) is 59.3 Å². The van der Waals surface area contributed by atoms with Crippen LogP contribution in [0.3, 0.4) is 0 Å². The number of amides is 1. The molecule has 47 heavy (non-hydrogen) atoms. The first-order valence-corrected chi connectivity index (χ1v) is 16.0. The minimum absolute atomic E-state index is 0.0179. The highest BCUT2D eigenvalue weighted by Crippen LogP contribution is 2.35. The zero-order valence-corrected chi connectivity index (χ0v) is 26.2. The first-order valence-electron chi connectivity index (χ1n) is 16.0. The molecule has 1 saturated heterocycles. The number of halogens is 1. The van der Waals surface area contributed by atoms with Crippen LogP contribution in [0, 0.1) is 11.2 Å². The maximum Gasteiger partial charge on any atom is 0.415 e. The Labute approximate surface area is 272 Å². The third kappa shape index (κ3) is 7.25. The largest absolute Gasteiger partial charge is 0.468 e. The maximum atomic E-state index is 14.9. The van der Waals surface area contributed by atoms with Gasteiger partial charge in [-0.3, -0.25) is 14.5 Å². The van der Waals surface area contributed by atoms with Crippen molar-refractivity contribution in [3.8, 4) is 34.0 Å². The lowest BCUT2D eigenvalue weighted by atomic mass is 9.78. The smallest absolute Gasteiger partial charge is 0.415 e. The fourth-order valence-electron chi connectivity index (χ4n) is 6.38. The van der Waals surface area contributed by atoms with Crippen molar-refractivity contribution < 1.29 is 32.8 Å². The van der Waals surface area contributed by atoms with Crippen molar-refractivity contribution in [2.45, 2.75) is 57.5 Å². The van der Waals surface area contributed by atoms with E-state index in [2.05, 4.69) is 20.4 Å². The summed E-state index contributed by atoms with van der Waals surface area (Å²) in [5, 5.41) is 6.86. The zero-order chi connectivity index (χ0) is 32.8. The molecule has 0 bridgehead atoms. The molecule has 2 aliphatic rings. The second-order valence-corrected chi connectivity index (χ2v) is 12.2. The highest BCUT2D eigenvalue weighted by Gasteiger charge is 2.51. The number of alkyl carbamates (subject to hydrolysis) is 1. The zero-order valence-electron chi connectivity index (χ0n) is 26.2. The third-order valence-corrected chi connectivity index (χ3v) is 9.13. The average molecular weight is 641 g/mol. The quantitative estimate of drug-likeness (QED) is 0.169. The minimum atomic E-state index is -1.53. The van der Waals surface area contributed by atoms with Crippen molar-refractivity contribution >= 4 is 18.0 Å². The standard InChI is InChI=1S/C36H37FN4O6/c1-45-33(42)36(34(43)46-35(44)38-28-10-6-3-7-11-28)18-20-41(21-19-36)23-24-12-14-26(15-13-24)31-39-32(47-40-31)27-16-17-29(30(37)22-27)25-8-4-2-5-9-25/h2,4-5,8-9,12-17,22,28H,3,6-7,10-11,18-21,23H2,1H3,(H,38,44). The molecule has 1 aliphatic carbocycles. The Morgan fingerprint density at radius 1 is 0.915 bits per heavy atom. The molecular weight excluding hydrogens is 603 g/mol. The lowest BCUT2D eigenvalue weighted by Crippen LogP contribution is -2.51. The lowest BCUT2D eigenvalue weighted by Gasteiger charge is -2.37. The number of aromatic nitrogens is 2. The molecule has 0 atom stereocenters. The van der Waals surface area contributed by atoms with Crippen LogP contribution in [0.1, 0.15) is 50.5 Å². The van der Waals surface area contributed by atoms with E-state index in [0.29, 0.717) is 36.6 Å². The summed E-state index contributed by atoms with van der Waals surface area (Å²) in [6.07, 6.45) is 4.41. The van der Waals surface area contributed by atoms with Gasteiger partial charge in [-0.2, -0.15) is 4.98 Å². The van der Waals surface area contributed by atoms with Gasteiger partial charge in [0.05, 0.1) is 7.11 Å². The first kappa shape index (κ1) is 32.1. The molecule has 0 spiro atoms. The molecule has 1 N–H and O–H groups in total. The second kappa shape index (κ2) is 14.3. The summed E-state index contributed by atoms with van der Waals surface area (Å²) in [4.78, 5) is 45.0. The highest BCUT2D eigenvalue weighted by atomic mass is 19.1. The number of nitrogens with one attached hydrogen (secondary N) is 1. The van der Waals surface area contributed by atoms with E-state index in [0.717, 1.165) is 48.8 Å². The summed E-state index contributed by atoms with van der Waals surface area (Å²) >= 11 is 0. The van der Waals surface area contributed by atoms with Crippen LogP contribution in [0.2, 0.25) is 0 Å². The molecule has 0 unspecified atom stereocenters. The van der Waals surface area contributed by atoms with E-state index in [4.69, 9.17) is 14.0 Å². The van der Waals surface area contributed by atoms with Gasteiger partial charge < -0.3 is 19.3 Å². The SMILES string of the molecule is COC(=O)C1(C(=O)OC(=O)NC2CCCCC2)CCN(Cc2ccc(-c3noc(-c4ccc(-c5ccccc5)c(F)c4)n3)cc2)CC1. The Balaban J connectivity index is 1.05. The van der Waals surface area contributed by atoms with Crippen LogP contribution in [0.15, 0.2) is 77.3 Å². The number of benzene rings is 3. The van der Waals surface area contributed by atoms with Crippen molar-refractivity contribution in [2.75, 3.05) is 20.2 Å². The predicted molar refractivity (Wildman–Crippen MR) is 171 cm³/mol. The molecule has 0 radical (unpaired) electrons. The molecule has 4 aromatic rings. The van der Waals surface area contributed by atoms with E-state index in [1.165, 1.54) is 13.2 Å². The number of piperidine rings is 1. The summed E-state index contributed by atoms with van der Waals surface area (Å²) in [5.74, 6) is -1.33. The Morgan fingerprint density at radius 3 is 2.30 bits per heavy atom. The van der Waals surface area contributed by atoms with Crippen LogP contribution >= 0.6 is 0 Å². The molecule has 2 fully saturated rings. The molecule has 1 amide bonds. The fraction of sp³-hybridized carbons (Fsp3) is 0.361. The predicted octanol–water partition coefficient (Wildman–Crippen LogP) is 6.55. The summed E-state index contributed by atoms with van der Waals surface area (Å²) in [6, 6.07) is 21.8. The number of methoxy groups -OCH3 is 1. The molecule has 10 nitrogen and oxygen atoms in total. The normalized spacial score (nSPS) is 16.7. The molecule has 1 aliphatic heterocycles. The van der Waals surface area contributed by atoms with Gasteiger partial charge in [0.2, 0.25) is 5.82 Å². The van der Waals surface area contributed by atoms with Crippen LogP contribution in [-0.2, 0) is 25.6 Å². The topological polar surface area (TPSA) is 124 Å². The highest BCUT2D eigenvalue weighted by molar-refractivity contribution is 6.03. The Bertz CT molecular complexity index is 1710. The fourth-order valence-corrected chi connectivity index (χ4v) is 6.38. The van der Waals surface area contributed by atoms with E-state index in [1.54, 1.807) is 12.1 Å². The Morgan fingerprint density at radius 2 is 1.62 bits per heavy atom. The van der Waals surface area contributed by atoms with Gasteiger partial charge in [0.15, 0.2) is 5.41 Å². The molecule has 6 rings (SSSR count). The molecule has 2 heterocycles. The summed E-state index contributed by atoms with van der Waals surface area (Å²) in [6.45, 7) is 1.45. The number of carbonyl (C=O) groups excluding carboxylic acids is 3. The van der Waals surface area contributed by atoms with Gasteiger partial charge in [0.1, 0.15) is 5.82 Å². The van der Waals surface area contributed by atoms with Crippen molar-refractivity contribution in [2.24, 2.45) is 5.41 Å². The van der Waals surface area contributed by atoms with Crippen LogP contribution in [0.5, 0.6) is 0 Å². The minimum Gasteiger partial charge on any atom is -0.468 e. The van der Waals surface area contributed by atoms with Crippen molar-refractivity contribution in [3.05, 3.63) is 84.2 Å². The molecule has 3 aromatic carbocycles.